The van der Waals surface area contributed by atoms with Gasteiger partial charge in [0.2, 0.25) is 0 Å². The van der Waals surface area contributed by atoms with Gasteiger partial charge in [-0.1, -0.05) is 13.8 Å². The zero-order valence-electron chi connectivity index (χ0n) is 13.6. The van der Waals surface area contributed by atoms with Gasteiger partial charge in [0, 0.05) is 42.1 Å². The Morgan fingerprint density at radius 1 is 1.22 bits per heavy atom. The zero-order valence-corrected chi connectivity index (χ0v) is 13.6. The number of hydrogen-bond acceptors (Lipinski definition) is 4. The van der Waals surface area contributed by atoms with E-state index in [1.54, 1.807) is 7.05 Å². The highest BCUT2D eigenvalue weighted by molar-refractivity contribution is 6.05. The summed E-state index contributed by atoms with van der Waals surface area (Å²) >= 11 is 0. The number of halogens is 2. The average Bonchev–Trinajstić information content (AvgIpc) is 2.98. The maximum Gasteiger partial charge on any atom is 0.161 e. The second-order valence-corrected chi connectivity index (χ2v) is 5.71. The minimum atomic E-state index is -0.656. The van der Waals surface area contributed by atoms with Crippen LogP contribution in [0.15, 0.2) is 23.8 Å². The third-order valence-electron chi connectivity index (χ3n) is 3.67. The molecule has 1 aliphatic rings. The SMILES string of the molecule is CN/C(=C(/CC1OCCO1)C(=N)C(C)C)c1cc(F)cc(F)c1. The van der Waals surface area contributed by atoms with E-state index in [4.69, 9.17) is 14.9 Å². The standard InChI is InChI=1S/C17H22F2N2O2/c1-10(2)16(20)14(9-15-22-4-5-23-15)17(21-3)11-6-12(18)8-13(19)7-11/h6-8,10,15,20-21H,4-5,9H2,1-3H3/b17-14-,20-16?. The highest BCUT2D eigenvalue weighted by Crippen LogP contribution is 2.26. The summed E-state index contributed by atoms with van der Waals surface area (Å²) in [5, 5.41) is 11.3. The van der Waals surface area contributed by atoms with Gasteiger partial charge in [-0.2, -0.15) is 0 Å². The molecule has 2 rings (SSSR count). The van der Waals surface area contributed by atoms with Crippen LogP contribution in [0.3, 0.4) is 0 Å². The lowest BCUT2D eigenvalue weighted by Gasteiger charge is -2.21. The second-order valence-electron chi connectivity index (χ2n) is 5.71. The third-order valence-corrected chi connectivity index (χ3v) is 3.67. The molecule has 1 saturated heterocycles. The van der Waals surface area contributed by atoms with E-state index in [1.807, 2.05) is 13.8 Å². The molecule has 23 heavy (non-hydrogen) atoms. The molecule has 1 fully saturated rings. The lowest BCUT2D eigenvalue weighted by molar-refractivity contribution is -0.0390. The van der Waals surface area contributed by atoms with Crippen LogP contribution >= 0.6 is 0 Å². The molecule has 4 nitrogen and oxygen atoms in total. The van der Waals surface area contributed by atoms with E-state index in [0.29, 0.717) is 42.2 Å². The van der Waals surface area contributed by atoms with Gasteiger partial charge in [-0.05, 0) is 18.1 Å². The Kier molecular flexibility index (Phi) is 5.85. The van der Waals surface area contributed by atoms with Crippen LogP contribution in [0.2, 0.25) is 0 Å². The summed E-state index contributed by atoms with van der Waals surface area (Å²) in [5.41, 5.74) is 1.90. The molecule has 0 aliphatic carbocycles. The molecule has 1 aliphatic heterocycles. The van der Waals surface area contributed by atoms with Gasteiger partial charge in [-0.3, -0.25) is 0 Å². The summed E-state index contributed by atoms with van der Waals surface area (Å²) in [6, 6.07) is 3.32. The lowest BCUT2D eigenvalue weighted by Crippen LogP contribution is -2.22. The van der Waals surface area contributed by atoms with Crippen molar-refractivity contribution in [2.75, 3.05) is 20.3 Å². The molecule has 0 amide bonds. The van der Waals surface area contributed by atoms with E-state index >= 15 is 0 Å². The molecule has 0 bridgehead atoms. The highest BCUT2D eigenvalue weighted by Gasteiger charge is 2.24. The van der Waals surface area contributed by atoms with Crippen molar-refractivity contribution < 1.29 is 18.3 Å². The van der Waals surface area contributed by atoms with Gasteiger partial charge in [0.05, 0.1) is 13.2 Å². The molecular weight excluding hydrogens is 302 g/mol. The van der Waals surface area contributed by atoms with Gasteiger partial charge in [0.25, 0.3) is 0 Å². The Hall–Kier alpha value is -1.79. The van der Waals surface area contributed by atoms with Crippen LogP contribution in [0.25, 0.3) is 5.70 Å². The number of hydrogen-bond donors (Lipinski definition) is 2. The first-order chi connectivity index (χ1) is 10.9. The molecule has 0 spiro atoms. The molecule has 2 N–H and O–H groups in total. The van der Waals surface area contributed by atoms with Crippen LogP contribution < -0.4 is 5.32 Å². The fourth-order valence-corrected chi connectivity index (χ4v) is 2.55. The summed E-state index contributed by atoms with van der Waals surface area (Å²) in [5.74, 6) is -1.35. The smallest absolute Gasteiger partial charge is 0.161 e. The Morgan fingerprint density at radius 2 is 1.78 bits per heavy atom. The first kappa shape index (κ1) is 17.6. The molecule has 0 aromatic heterocycles. The first-order valence-electron chi connectivity index (χ1n) is 7.61. The van der Waals surface area contributed by atoms with Crippen LogP contribution in [0.1, 0.15) is 25.8 Å². The highest BCUT2D eigenvalue weighted by atomic mass is 19.1. The lowest BCUT2D eigenvalue weighted by atomic mass is 9.93. The molecule has 0 unspecified atom stereocenters. The summed E-state index contributed by atoms with van der Waals surface area (Å²) in [6.07, 6.45) is -0.0865. The predicted molar refractivity (Wildman–Crippen MR) is 85.2 cm³/mol. The van der Waals surface area contributed by atoms with Gasteiger partial charge in [0.1, 0.15) is 11.6 Å². The topological polar surface area (TPSA) is 54.3 Å². The molecule has 0 atom stereocenters. The van der Waals surface area contributed by atoms with Crippen molar-refractivity contribution in [2.24, 2.45) is 5.92 Å². The Balaban J connectivity index is 2.48. The van der Waals surface area contributed by atoms with Crippen LogP contribution in [0.5, 0.6) is 0 Å². The number of benzene rings is 1. The van der Waals surface area contributed by atoms with E-state index in [0.717, 1.165) is 6.07 Å². The van der Waals surface area contributed by atoms with Crippen LogP contribution in [0.4, 0.5) is 8.78 Å². The van der Waals surface area contributed by atoms with Gasteiger partial charge in [0.15, 0.2) is 6.29 Å². The van der Waals surface area contributed by atoms with E-state index < -0.39 is 17.9 Å². The van der Waals surface area contributed by atoms with Crippen molar-refractivity contribution in [3.63, 3.8) is 0 Å². The molecule has 126 valence electrons. The van der Waals surface area contributed by atoms with Gasteiger partial charge in [-0.25, -0.2) is 8.78 Å². The maximum absolute atomic E-state index is 13.6. The van der Waals surface area contributed by atoms with Crippen molar-refractivity contribution in [3.05, 3.63) is 41.0 Å². The minimum Gasteiger partial charge on any atom is -0.387 e. The first-order valence-corrected chi connectivity index (χ1v) is 7.61. The van der Waals surface area contributed by atoms with E-state index in [-0.39, 0.29) is 5.92 Å². The third kappa shape index (κ3) is 4.36. The van der Waals surface area contributed by atoms with Crippen molar-refractivity contribution in [3.8, 4) is 0 Å². The molecule has 6 heteroatoms. The summed E-state index contributed by atoms with van der Waals surface area (Å²) in [6.45, 7) is 4.82. The molecule has 0 saturated carbocycles. The van der Waals surface area contributed by atoms with Crippen molar-refractivity contribution in [1.82, 2.24) is 5.32 Å². The van der Waals surface area contributed by atoms with E-state index in [1.165, 1.54) is 12.1 Å². The molecule has 1 heterocycles. The Morgan fingerprint density at radius 3 is 2.26 bits per heavy atom. The second kappa shape index (κ2) is 7.66. The number of ether oxygens (including phenoxy) is 2. The Bertz CT molecular complexity index is 588. The van der Waals surface area contributed by atoms with Crippen molar-refractivity contribution in [2.45, 2.75) is 26.6 Å². The number of nitrogens with one attached hydrogen (secondary N) is 2. The quantitative estimate of drug-likeness (QED) is 0.789. The van der Waals surface area contributed by atoms with Crippen molar-refractivity contribution in [1.29, 1.82) is 5.41 Å². The van der Waals surface area contributed by atoms with E-state index in [9.17, 15) is 8.78 Å². The molecule has 1 aromatic rings. The van der Waals surface area contributed by atoms with Gasteiger partial charge in [-0.15, -0.1) is 0 Å². The normalized spacial score (nSPS) is 16.6. The monoisotopic (exact) mass is 324 g/mol. The largest absolute Gasteiger partial charge is 0.387 e. The summed E-state index contributed by atoms with van der Waals surface area (Å²) < 4.78 is 38.0. The number of rotatable bonds is 6. The molecular formula is C17H22F2N2O2. The van der Waals surface area contributed by atoms with E-state index in [2.05, 4.69) is 5.32 Å². The van der Waals surface area contributed by atoms with Crippen LogP contribution in [-0.4, -0.2) is 32.3 Å². The predicted octanol–water partition coefficient (Wildman–Crippen LogP) is 3.33. The maximum atomic E-state index is 13.6. The summed E-state index contributed by atoms with van der Waals surface area (Å²) in [4.78, 5) is 0. The molecule has 0 radical (unpaired) electrons. The fourth-order valence-electron chi connectivity index (χ4n) is 2.55. The zero-order chi connectivity index (χ0) is 17.0. The van der Waals surface area contributed by atoms with Gasteiger partial charge < -0.3 is 20.2 Å². The Labute approximate surface area is 135 Å². The molecule has 1 aromatic carbocycles. The van der Waals surface area contributed by atoms with Crippen molar-refractivity contribution >= 4 is 11.4 Å². The van der Waals surface area contributed by atoms with Crippen LogP contribution in [0, 0.1) is 23.0 Å². The fraction of sp³-hybridized carbons (Fsp3) is 0.471. The van der Waals surface area contributed by atoms with Crippen LogP contribution in [-0.2, 0) is 9.47 Å². The summed E-state index contributed by atoms with van der Waals surface area (Å²) in [7, 11) is 1.67. The average molecular weight is 324 g/mol. The minimum absolute atomic E-state index is 0.0341. The van der Waals surface area contributed by atoms with Gasteiger partial charge >= 0.3 is 0 Å².